The monoisotopic (exact) mass is 359 g/mol. The summed E-state index contributed by atoms with van der Waals surface area (Å²) in [4.78, 5) is 15.4. The van der Waals surface area contributed by atoms with Gasteiger partial charge in [-0.1, -0.05) is 18.9 Å². The lowest BCUT2D eigenvalue weighted by molar-refractivity contribution is 0.0766. The number of ether oxygens (including phenoxy) is 2. The van der Waals surface area contributed by atoms with Crippen LogP contribution in [-0.2, 0) is 6.61 Å². The van der Waals surface area contributed by atoms with Crippen molar-refractivity contribution >= 4 is 17.2 Å². The lowest BCUT2D eigenvalue weighted by Gasteiger charge is -2.19. The molecule has 25 heavy (non-hydrogen) atoms. The van der Waals surface area contributed by atoms with Crippen LogP contribution in [0, 0.1) is 6.92 Å². The minimum Gasteiger partial charge on any atom is -0.493 e. The van der Waals surface area contributed by atoms with Crippen molar-refractivity contribution in [1.29, 1.82) is 0 Å². The molecule has 0 bridgehead atoms. The van der Waals surface area contributed by atoms with Crippen molar-refractivity contribution in [3.05, 3.63) is 45.6 Å². The van der Waals surface area contributed by atoms with E-state index in [2.05, 4.69) is 0 Å². The fourth-order valence-corrected chi connectivity index (χ4v) is 3.91. The van der Waals surface area contributed by atoms with Crippen LogP contribution in [0.5, 0.6) is 11.5 Å². The van der Waals surface area contributed by atoms with Gasteiger partial charge in [0.1, 0.15) is 6.61 Å². The highest BCUT2D eigenvalue weighted by molar-refractivity contribution is 7.12. The van der Waals surface area contributed by atoms with Crippen LogP contribution >= 0.6 is 11.3 Å². The molecule has 1 aromatic carbocycles. The van der Waals surface area contributed by atoms with E-state index in [0.29, 0.717) is 6.61 Å². The van der Waals surface area contributed by atoms with E-state index in [9.17, 15) is 4.79 Å². The first-order valence-corrected chi connectivity index (χ1v) is 9.69. The lowest BCUT2D eigenvalue weighted by Crippen LogP contribution is -2.31. The van der Waals surface area contributed by atoms with E-state index in [-0.39, 0.29) is 5.91 Å². The Kier molecular flexibility index (Phi) is 5.97. The average Bonchev–Trinajstić information content (AvgIpc) is 2.93. The third-order valence-corrected chi connectivity index (χ3v) is 5.44. The van der Waals surface area contributed by atoms with Crippen LogP contribution in [0.2, 0.25) is 0 Å². The Labute approximate surface area is 153 Å². The quantitative estimate of drug-likeness (QED) is 0.779. The molecule has 0 N–H and O–H groups in total. The van der Waals surface area contributed by atoms with Crippen LogP contribution in [0.4, 0.5) is 0 Å². The number of aryl methyl sites for hydroxylation is 1. The van der Waals surface area contributed by atoms with Crippen molar-refractivity contribution in [3.63, 3.8) is 0 Å². The van der Waals surface area contributed by atoms with Crippen molar-refractivity contribution in [2.45, 2.75) is 39.2 Å². The van der Waals surface area contributed by atoms with E-state index in [4.69, 9.17) is 9.47 Å². The molecule has 134 valence electrons. The molecule has 0 saturated carbocycles. The highest BCUT2D eigenvalue weighted by atomic mass is 32.1. The van der Waals surface area contributed by atoms with E-state index in [1.54, 1.807) is 7.11 Å². The number of rotatable bonds is 5. The van der Waals surface area contributed by atoms with Crippen LogP contribution in [0.15, 0.2) is 29.6 Å². The number of nitrogens with zero attached hydrogens (tertiary/aromatic N) is 1. The first-order valence-electron chi connectivity index (χ1n) is 8.81. The summed E-state index contributed by atoms with van der Waals surface area (Å²) in [5.41, 5.74) is 2.15. The fraction of sp³-hybridized carbons (Fsp3) is 0.450. The summed E-state index contributed by atoms with van der Waals surface area (Å²) in [7, 11) is 1.64. The standard InChI is InChI=1S/C20H25NO3S/c1-15-7-8-17(18(11-15)23-2)24-13-16-12-19(25-14-16)20(22)21-9-5-3-4-6-10-21/h7-8,11-12,14H,3-6,9-10,13H2,1-2H3. The van der Waals surface area contributed by atoms with Crippen molar-refractivity contribution in [2.75, 3.05) is 20.2 Å². The Bertz CT molecular complexity index is 717. The molecule has 2 aromatic rings. The van der Waals surface area contributed by atoms with Gasteiger partial charge in [-0.05, 0) is 48.9 Å². The van der Waals surface area contributed by atoms with E-state index in [0.717, 1.165) is 53.4 Å². The maximum absolute atomic E-state index is 12.7. The molecule has 0 radical (unpaired) electrons. The zero-order chi connectivity index (χ0) is 17.6. The second-order valence-corrected chi connectivity index (χ2v) is 7.38. The van der Waals surface area contributed by atoms with Crippen LogP contribution in [0.3, 0.4) is 0 Å². The second kappa shape index (κ2) is 8.39. The molecular formula is C20H25NO3S. The first kappa shape index (κ1) is 17.8. The number of carbonyl (C=O) groups excluding carboxylic acids is 1. The van der Waals surface area contributed by atoms with Gasteiger partial charge in [-0.25, -0.2) is 0 Å². The molecule has 1 aliphatic heterocycles. The van der Waals surface area contributed by atoms with Crippen LogP contribution in [0.1, 0.15) is 46.5 Å². The number of likely N-dealkylation sites (tertiary alicyclic amines) is 1. The summed E-state index contributed by atoms with van der Waals surface area (Å²) in [5.74, 6) is 1.61. The molecule has 3 rings (SSSR count). The Morgan fingerprint density at radius 1 is 1.12 bits per heavy atom. The SMILES string of the molecule is COc1cc(C)ccc1OCc1csc(C(=O)N2CCCCCC2)c1. The Hall–Kier alpha value is -2.01. The predicted molar refractivity (Wildman–Crippen MR) is 101 cm³/mol. The number of hydrogen-bond donors (Lipinski definition) is 0. The average molecular weight is 359 g/mol. The molecule has 1 aliphatic rings. The second-order valence-electron chi connectivity index (χ2n) is 6.47. The molecule has 1 aromatic heterocycles. The van der Waals surface area contributed by atoms with Gasteiger partial charge in [0.2, 0.25) is 0 Å². The number of methoxy groups -OCH3 is 1. The van der Waals surface area contributed by atoms with Gasteiger partial charge in [0.25, 0.3) is 5.91 Å². The highest BCUT2D eigenvalue weighted by Gasteiger charge is 2.19. The third kappa shape index (κ3) is 4.54. The van der Waals surface area contributed by atoms with Crippen molar-refractivity contribution in [1.82, 2.24) is 4.90 Å². The third-order valence-electron chi connectivity index (χ3n) is 4.47. The van der Waals surface area contributed by atoms with Crippen molar-refractivity contribution in [2.24, 2.45) is 0 Å². The number of carbonyl (C=O) groups is 1. The molecule has 1 saturated heterocycles. The summed E-state index contributed by atoms with van der Waals surface area (Å²) < 4.78 is 11.3. The first-order chi connectivity index (χ1) is 12.2. The smallest absolute Gasteiger partial charge is 0.263 e. The summed E-state index contributed by atoms with van der Waals surface area (Å²) in [6.07, 6.45) is 4.68. The lowest BCUT2D eigenvalue weighted by atomic mass is 10.2. The number of hydrogen-bond acceptors (Lipinski definition) is 4. The summed E-state index contributed by atoms with van der Waals surface area (Å²) in [5, 5.41) is 2.01. The van der Waals surface area contributed by atoms with E-state index in [1.165, 1.54) is 24.2 Å². The Morgan fingerprint density at radius 2 is 1.88 bits per heavy atom. The summed E-state index contributed by atoms with van der Waals surface area (Å²) in [6, 6.07) is 7.83. The largest absolute Gasteiger partial charge is 0.493 e. The van der Waals surface area contributed by atoms with Crippen LogP contribution in [0.25, 0.3) is 0 Å². The maximum atomic E-state index is 12.7. The molecule has 4 nitrogen and oxygen atoms in total. The molecule has 0 aliphatic carbocycles. The Morgan fingerprint density at radius 3 is 2.60 bits per heavy atom. The van der Waals surface area contributed by atoms with Crippen LogP contribution in [-0.4, -0.2) is 31.0 Å². The van der Waals surface area contributed by atoms with Gasteiger partial charge in [-0.3, -0.25) is 4.79 Å². The van der Waals surface area contributed by atoms with E-state index >= 15 is 0 Å². The predicted octanol–water partition coefficient (Wildman–Crippen LogP) is 4.66. The Balaban J connectivity index is 1.62. The maximum Gasteiger partial charge on any atom is 0.263 e. The van der Waals surface area contributed by atoms with Crippen LogP contribution < -0.4 is 9.47 Å². The molecule has 0 spiro atoms. The van der Waals surface area contributed by atoms with Gasteiger partial charge < -0.3 is 14.4 Å². The number of benzene rings is 1. The summed E-state index contributed by atoms with van der Waals surface area (Å²) >= 11 is 1.50. The van der Waals surface area contributed by atoms with Crippen molar-refractivity contribution in [3.8, 4) is 11.5 Å². The van der Waals surface area contributed by atoms with Gasteiger partial charge >= 0.3 is 0 Å². The topological polar surface area (TPSA) is 38.8 Å². The van der Waals surface area contributed by atoms with Gasteiger partial charge in [-0.15, -0.1) is 11.3 Å². The minimum absolute atomic E-state index is 0.158. The van der Waals surface area contributed by atoms with Gasteiger partial charge in [0, 0.05) is 18.7 Å². The molecule has 1 fully saturated rings. The van der Waals surface area contributed by atoms with E-state index in [1.807, 2.05) is 41.5 Å². The number of amides is 1. The number of thiophene rings is 1. The zero-order valence-corrected chi connectivity index (χ0v) is 15.7. The molecule has 1 amide bonds. The van der Waals surface area contributed by atoms with Crippen molar-refractivity contribution < 1.29 is 14.3 Å². The highest BCUT2D eigenvalue weighted by Crippen LogP contribution is 2.29. The van der Waals surface area contributed by atoms with Gasteiger partial charge in [-0.2, -0.15) is 0 Å². The van der Waals surface area contributed by atoms with Gasteiger partial charge in [0.05, 0.1) is 12.0 Å². The molecule has 0 atom stereocenters. The molecule has 5 heteroatoms. The molecule has 2 heterocycles. The molecule has 0 unspecified atom stereocenters. The fourth-order valence-electron chi connectivity index (χ4n) is 3.05. The van der Waals surface area contributed by atoms with Gasteiger partial charge in [0.15, 0.2) is 11.5 Å². The minimum atomic E-state index is 0.158. The normalized spacial score (nSPS) is 14.9. The summed E-state index contributed by atoms with van der Waals surface area (Å²) in [6.45, 7) is 4.21. The van der Waals surface area contributed by atoms with E-state index < -0.39 is 0 Å². The zero-order valence-electron chi connectivity index (χ0n) is 14.9. The molecular weight excluding hydrogens is 334 g/mol.